The van der Waals surface area contributed by atoms with Crippen molar-refractivity contribution in [3.05, 3.63) is 35.9 Å². The van der Waals surface area contributed by atoms with Crippen LogP contribution in [0.4, 0.5) is 5.82 Å². The van der Waals surface area contributed by atoms with E-state index in [2.05, 4.69) is 10.3 Å². The van der Waals surface area contributed by atoms with E-state index in [1.54, 1.807) is 0 Å². The van der Waals surface area contributed by atoms with Crippen LogP contribution in [-0.2, 0) is 0 Å². The molecule has 2 aromatic rings. The zero-order valence-corrected chi connectivity index (χ0v) is 11.7. The van der Waals surface area contributed by atoms with E-state index < -0.39 is 0 Å². The lowest BCUT2D eigenvalue weighted by atomic mass is 10.1. The summed E-state index contributed by atoms with van der Waals surface area (Å²) in [5.74, 6) is 0.865. The van der Waals surface area contributed by atoms with Gasteiger partial charge in [0.25, 0.3) is 5.91 Å². The van der Waals surface area contributed by atoms with E-state index in [4.69, 9.17) is 0 Å². The summed E-state index contributed by atoms with van der Waals surface area (Å²) in [4.78, 5) is 19.2. The number of aromatic nitrogens is 1. The summed E-state index contributed by atoms with van der Waals surface area (Å²) in [6.45, 7) is 1.73. The number of fused-ring (bicyclic) bond motifs is 1. The van der Waals surface area contributed by atoms with Gasteiger partial charge in [0, 0.05) is 25.5 Å². The fourth-order valence-corrected chi connectivity index (χ4v) is 2.75. The van der Waals surface area contributed by atoms with Crippen molar-refractivity contribution >= 4 is 22.6 Å². The first-order chi connectivity index (χ1) is 9.79. The first-order valence-electron chi connectivity index (χ1n) is 7.16. The third-order valence-electron chi connectivity index (χ3n) is 3.85. The first-order valence-corrected chi connectivity index (χ1v) is 7.16. The molecule has 1 aliphatic rings. The minimum absolute atomic E-state index is 0.125. The molecule has 1 aliphatic heterocycles. The largest absolute Gasteiger partial charge is 0.373 e. The van der Waals surface area contributed by atoms with E-state index >= 15 is 0 Å². The van der Waals surface area contributed by atoms with Crippen LogP contribution in [0, 0.1) is 0 Å². The number of anilines is 1. The highest BCUT2D eigenvalue weighted by atomic mass is 16.2. The van der Waals surface area contributed by atoms with Crippen molar-refractivity contribution in [1.29, 1.82) is 0 Å². The highest BCUT2D eigenvalue weighted by Gasteiger charge is 2.20. The van der Waals surface area contributed by atoms with Crippen molar-refractivity contribution in [3.8, 4) is 0 Å². The molecule has 2 heterocycles. The second kappa shape index (κ2) is 5.49. The molecule has 1 N–H and O–H groups in total. The fraction of sp³-hybridized carbons (Fsp3) is 0.375. The molecule has 1 aromatic carbocycles. The first kappa shape index (κ1) is 12.9. The van der Waals surface area contributed by atoms with Crippen LogP contribution in [0.5, 0.6) is 0 Å². The predicted octanol–water partition coefficient (Wildman–Crippen LogP) is 2.90. The third-order valence-corrected chi connectivity index (χ3v) is 3.85. The average Bonchev–Trinajstić information content (AvgIpc) is 2.54. The zero-order chi connectivity index (χ0) is 13.9. The Balaban J connectivity index is 2.06. The number of amides is 1. The number of hydrogen-bond acceptors (Lipinski definition) is 3. The number of carbonyl (C=O) groups is 1. The average molecular weight is 269 g/mol. The Morgan fingerprint density at radius 2 is 1.95 bits per heavy atom. The molecule has 1 fully saturated rings. The van der Waals surface area contributed by atoms with Crippen molar-refractivity contribution in [2.24, 2.45) is 0 Å². The number of benzene rings is 1. The number of piperidine rings is 1. The number of rotatable bonds is 2. The fourth-order valence-electron chi connectivity index (χ4n) is 2.75. The van der Waals surface area contributed by atoms with Gasteiger partial charge in [-0.1, -0.05) is 18.2 Å². The maximum Gasteiger partial charge on any atom is 0.254 e. The number of likely N-dealkylation sites (tertiary alicyclic amines) is 1. The van der Waals surface area contributed by atoms with Crippen LogP contribution in [-0.4, -0.2) is 35.9 Å². The maximum absolute atomic E-state index is 12.8. The molecule has 0 spiro atoms. The molecule has 4 heteroatoms. The number of hydrogen-bond donors (Lipinski definition) is 1. The van der Waals surface area contributed by atoms with E-state index in [1.165, 1.54) is 6.42 Å². The van der Waals surface area contributed by atoms with Crippen LogP contribution >= 0.6 is 0 Å². The molecule has 1 amide bonds. The summed E-state index contributed by atoms with van der Waals surface area (Å²) in [5, 5.41) is 3.97. The molecular weight excluding hydrogens is 250 g/mol. The van der Waals surface area contributed by atoms with Gasteiger partial charge in [-0.05, 0) is 31.4 Å². The summed E-state index contributed by atoms with van der Waals surface area (Å²) in [6.07, 6.45) is 3.43. The Morgan fingerprint density at radius 1 is 1.20 bits per heavy atom. The highest BCUT2D eigenvalue weighted by Crippen LogP contribution is 2.23. The SMILES string of the molecule is CNc1cc(C(=O)N2CCCCC2)c2ccccc2n1. The van der Waals surface area contributed by atoms with E-state index in [1.807, 2.05) is 42.3 Å². The Bertz CT molecular complexity index is 633. The van der Waals surface area contributed by atoms with E-state index in [-0.39, 0.29) is 5.91 Å². The van der Waals surface area contributed by atoms with Crippen molar-refractivity contribution in [3.63, 3.8) is 0 Å². The van der Waals surface area contributed by atoms with Gasteiger partial charge in [-0.15, -0.1) is 0 Å². The van der Waals surface area contributed by atoms with Gasteiger partial charge in [-0.25, -0.2) is 4.98 Å². The van der Waals surface area contributed by atoms with Crippen LogP contribution in [0.2, 0.25) is 0 Å². The Labute approximate surface area is 118 Å². The molecule has 104 valence electrons. The van der Waals surface area contributed by atoms with Gasteiger partial charge in [-0.2, -0.15) is 0 Å². The number of para-hydroxylation sites is 1. The van der Waals surface area contributed by atoms with Gasteiger partial charge < -0.3 is 10.2 Å². The van der Waals surface area contributed by atoms with Crippen LogP contribution in [0.3, 0.4) is 0 Å². The minimum Gasteiger partial charge on any atom is -0.373 e. The van der Waals surface area contributed by atoms with Gasteiger partial charge in [0.2, 0.25) is 0 Å². The van der Waals surface area contributed by atoms with E-state index in [0.29, 0.717) is 0 Å². The van der Waals surface area contributed by atoms with Crippen LogP contribution in [0.15, 0.2) is 30.3 Å². The smallest absolute Gasteiger partial charge is 0.254 e. The summed E-state index contributed by atoms with van der Waals surface area (Å²) in [7, 11) is 1.83. The molecule has 0 unspecified atom stereocenters. The minimum atomic E-state index is 0.125. The number of nitrogens with zero attached hydrogens (tertiary/aromatic N) is 2. The summed E-state index contributed by atoms with van der Waals surface area (Å²) in [6, 6.07) is 9.68. The molecular formula is C16H19N3O. The van der Waals surface area contributed by atoms with Crippen molar-refractivity contribution < 1.29 is 4.79 Å². The summed E-state index contributed by atoms with van der Waals surface area (Å²) < 4.78 is 0. The van der Waals surface area contributed by atoms with Crippen LogP contribution in [0.25, 0.3) is 10.9 Å². The van der Waals surface area contributed by atoms with Crippen molar-refractivity contribution in [1.82, 2.24) is 9.88 Å². The molecule has 20 heavy (non-hydrogen) atoms. The lowest BCUT2D eigenvalue weighted by Gasteiger charge is -2.27. The number of nitrogens with one attached hydrogen (secondary N) is 1. The van der Waals surface area contributed by atoms with Crippen LogP contribution in [0.1, 0.15) is 29.6 Å². The predicted molar refractivity (Wildman–Crippen MR) is 81.0 cm³/mol. The molecule has 1 aromatic heterocycles. The van der Waals surface area contributed by atoms with Gasteiger partial charge in [0.15, 0.2) is 0 Å². The molecule has 4 nitrogen and oxygen atoms in total. The molecule has 0 aliphatic carbocycles. The summed E-state index contributed by atoms with van der Waals surface area (Å²) >= 11 is 0. The van der Waals surface area contributed by atoms with E-state index in [9.17, 15) is 4.79 Å². The maximum atomic E-state index is 12.8. The molecule has 0 bridgehead atoms. The quantitative estimate of drug-likeness (QED) is 0.911. The lowest BCUT2D eigenvalue weighted by molar-refractivity contribution is 0.0726. The monoisotopic (exact) mass is 269 g/mol. The zero-order valence-electron chi connectivity index (χ0n) is 11.7. The Kier molecular flexibility index (Phi) is 3.54. The standard InChI is InChI=1S/C16H19N3O/c1-17-15-11-13(12-7-3-4-8-14(12)18-15)16(20)19-9-5-2-6-10-19/h3-4,7-8,11H,2,5-6,9-10H2,1H3,(H,17,18). The Morgan fingerprint density at radius 3 is 2.70 bits per heavy atom. The second-order valence-corrected chi connectivity index (χ2v) is 5.18. The van der Waals surface area contributed by atoms with Crippen molar-refractivity contribution in [2.45, 2.75) is 19.3 Å². The molecule has 0 saturated carbocycles. The van der Waals surface area contributed by atoms with Gasteiger partial charge in [0.1, 0.15) is 5.82 Å². The molecule has 3 rings (SSSR count). The second-order valence-electron chi connectivity index (χ2n) is 5.18. The lowest BCUT2D eigenvalue weighted by Crippen LogP contribution is -2.35. The number of carbonyl (C=O) groups excluding carboxylic acids is 1. The van der Waals surface area contributed by atoms with Gasteiger partial charge >= 0.3 is 0 Å². The topological polar surface area (TPSA) is 45.2 Å². The van der Waals surface area contributed by atoms with E-state index in [0.717, 1.165) is 48.2 Å². The normalized spacial score (nSPS) is 15.3. The molecule has 0 radical (unpaired) electrons. The van der Waals surface area contributed by atoms with Gasteiger partial charge in [0.05, 0.1) is 11.1 Å². The Hall–Kier alpha value is -2.10. The highest BCUT2D eigenvalue weighted by molar-refractivity contribution is 6.07. The molecule has 0 atom stereocenters. The third kappa shape index (κ3) is 2.33. The number of pyridine rings is 1. The van der Waals surface area contributed by atoms with Gasteiger partial charge in [-0.3, -0.25) is 4.79 Å². The van der Waals surface area contributed by atoms with Crippen molar-refractivity contribution in [2.75, 3.05) is 25.5 Å². The summed E-state index contributed by atoms with van der Waals surface area (Å²) in [5.41, 5.74) is 1.61. The van der Waals surface area contributed by atoms with Crippen LogP contribution < -0.4 is 5.32 Å². The molecule has 1 saturated heterocycles.